The number of halogens is 1. The van der Waals surface area contributed by atoms with Gasteiger partial charge in [-0.15, -0.1) is 5.10 Å². The van der Waals surface area contributed by atoms with Crippen molar-refractivity contribution in [2.24, 2.45) is 0 Å². The first-order valence-corrected chi connectivity index (χ1v) is 9.45. The highest BCUT2D eigenvalue weighted by molar-refractivity contribution is 9.10. The average molecular weight is 434 g/mol. The molecule has 0 fully saturated rings. The van der Waals surface area contributed by atoms with E-state index in [2.05, 4.69) is 31.1 Å². The number of carbonyl (C=O) groups excluding carboxylic acids is 1. The number of ether oxygens (including phenoxy) is 2. The summed E-state index contributed by atoms with van der Waals surface area (Å²) >= 11 is 4.77. The molecule has 0 radical (unpaired) electrons. The van der Waals surface area contributed by atoms with Crippen molar-refractivity contribution in [1.29, 1.82) is 0 Å². The van der Waals surface area contributed by atoms with Crippen LogP contribution in [0.2, 0.25) is 0 Å². The Kier molecular flexibility index (Phi) is 5.95. The average Bonchev–Trinajstić information content (AvgIpc) is 3.14. The zero-order chi connectivity index (χ0) is 18.5. The van der Waals surface area contributed by atoms with E-state index < -0.39 is 0 Å². The second kappa shape index (κ2) is 8.37. The third-order valence-electron chi connectivity index (χ3n) is 3.63. The van der Waals surface area contributed by atoms with E-state index in [0.29, 0.717) is 28.0 Å². The number of nitrogens with zero attached hydrogens (tertiary/aromatic N) is 2. The van der Waals surface area contributed by atoms with E-state index in [4.69, 9.17) is 9.47 Å². The number of rotatable bonds is 7. The van der Waals surface area contributed by atoms with Gasteiger partial charge >= 0.3 is 0 Å². The van der Waals surface area contributed by atoms with E-state index in [1.807, 2.05) is 24.3 Å². The van der Waals surface area contributed by atoms with Gasteiger partial charge in [-0.3, -0.25) is 9.89 Å². The van der Waals surface area contributed by atoms with Crippen LogP contribution < -0.4 is 9.47 Å². The number of ketones is 1. The van der Waals surface area contributed by atoms with Crippen molar-refractivity contribution in [3.8, 4) is 22.9 Å². The number of hydrogen-bond acceptors (Lipinski definition) is 6. The van der Waals surface area contributed by atoms with Gasteiger partial charge in [0, 0.05) is 15.6 Å². The molecule has 3 aromatic rings. The molecule has 8 heteroatoms. The number of thioether (sulfide) groups is 1. The van der Waals surface area contributed by atoms with Crippen LogP contribution in [-0.4, -0.2) is 40.9 Å². The van der Waals surface area contributed by atoms with Gasteiger partial charge < -0.3 is 9.47 Å². The summed E-state index contributed by atoms with van der Waals surface area (Å²) in [4.78, 5) is 16.9. The third-order valence-corrected chi connectivity index (χ3v) is 5.17. The summed E-state index contributed by atoms with van der Waals surface area (Å²) in [5.74, 6) is 1.95. The lowest BCUT2D eigenvalue weighted by molar-refractivity contribution is 0.102. The van der Waals surface area contributed by atoms with E-state index in [1.54, 1.807) is 25.3 Å². The molecule has 0 unspecified atom stereocenters. The molecule has 6 nitrogen and oxygen atoms in total. The molecule has 0 aliphatic rings. The third kappa shape index (κ3) is 4.08. The van der Waals surface area contributed by atoms with Crippen LogP contribution in [0.25, 0.3) is 11.4 Å². The van der Waals surface area contributed by atoms with Crippen molar-refractivity contribution in [1.82, 2.24) is 15.2 Å². The maximum Gasteiger partial charge on any atom is 0.209 e. The van der Waals surface area contributed by atoms with Crippen molar-refractivity contribution in [3.63, 3.8) is 0 Å². The fourth-order valence-electron chi connectivity index (χ4n) is 2.31. The predicted octanol–water partition coefficient (Wildman–Crippen LogP) is 4.23. The lowest BCUT2D eigenvalue weighted by Gasteiger charge is -2.08. The van der Waals surface area contributed by atoms with Crippen molar-refractivity contribution in [3.05, 3.63) is 52.5 Å². The molecule has 0 saturated heterocycles. The molecule has 0 aliphatic heterocycles. The van der Waals surface area contributed by atoms with Gasteiger partial charge in [0.2, 0.25) is 5.16 Å². The number of aromatic nitrogens is 3. The van der Waals surface area contributed by atoms with Gasteiger partial charge in [-0.1, -0.05) is 45.9 Å². The Bertz CT molecular complexity index is 930. The standard InChI is InChI=1S/C18H16BrN3O3S/c1-24-15-8-7-11(9-16(15)25-2)14(23)10-26-18-20-17(21-22-18)12-5-3-4-6-13(12)19/h3-9H,10H2,1-2H3,(H,20,21,22). The van der Waals surface area contributed by atoms with Crippen molar-refractivity contribution >= 4 is 33.5 Å². The van der Waals surface area contributed by atoms with E-state index in [9.17, 15) is 4.79 Å². The van der Waals surface area contributed by atoms with E-state index >= 15 is 0 Å². The minimum Gasteiger partial charge on any atom is -0.493 e. The van der Waals surface area contributed by atoms with Crippen LogP contribution in [0.1, 0.15) is 10.4 Å². The van der Waals surface area contributed by atoms with Crippen LogP contribution in [0, 0.1) is 0 Å². The van der Waals surface area contributed by atoms with Crippen LogP contribution in [0.5, 0.6) is 11.5 Å². The van der Waals surface area contributed by atoms with E-state index in [1.165, 1.54) is 18.9 Å². The summed E-state index contributed by atoms with van der Waals surface area (Å²) < 4.78 is 11.3. The SMILES string of the molecule is COc1ccc(C(=O)CSc2n[nH]c(-c3ccccc3Br)n2)cc1OC. The van der Waals surface area contributed by atoms with Crippen molar-refractivity contribution in [2.45, 2.75) is 5.16 Å². The fraction of sp³-hybridized carbons (Fsp3) is 0.167. The number of Topliss-reactive ketones (excluding diaryl/α,β-unsaturated/α-hetero) is 1. The molecule has 0 bridgehead atoms. The summed E-state index contributed by atoms with van der Waals surface area (Å²) in [6, 6.07) is 12.8. The van der Waals surface area contributed by atoms with Gasteiger partial charge in [-0.25, -0.2) is 4.98 Å². The smallest absolute Gasteiger partial charge is 0.209 e. The number of nitrogens with one attached hydrogen (secondary N) is 1. The molecule has 0 saturated carbocycles. The molecule has 134 valence electrons. The Balaban J connectivity index is 1.68. The number of carbonyl (C=O) groups is 1. The number of benzene rings is 2. The molecular weight excluding hydrogens is 418 g/mol. The normalized spacial score (nSPS) is 10.6. The van der Waals surface area contributed by atoms with Gasteiger partial charge in [0.15, 0.2) is 23.1 Å². The number of aromatic amines is 1. The molecule has 1 N–H and O–H groups in total. The molecule has 0 aliphatic carbocycles. The largest absolute Gasteiger partial charge is 0.493 e. The molecule has 1 aromatic heterocycles. The lowest BCUT2D eigenvalue weighted by Crippen LogP contribution is -2.03. The summed E-state index contributed by atoms with van der Waals surface area (Å²) in [7, 11) is 3.10. The maximum atomic E-state index is 12.4. The van der Waals surface area contributed by atoms with Gasteiger partial charge in [0.25, 0.3) is 0 Å². The summed E-state index contributed by atoms with van der Waals surface area (Å²) in [5, 5.41) is 7.59. The Morgan fingerprint density at radius 1 is 1.15 bits per heavy atom. The molecule has 3 rings (SSSR count). The number of hydrogen-bond donors (Lipinski definition) is 1. The quantitative estimate of drug-likeness (QED) is 0.443. The molecule has 0 spiro atoms. The first-order valence-electron chi connectivity index (χ1n) is 7.67. The maximum absolute atomic E-state index is 12.4. The van der Waals surface area contributed by atoms with Crippen LogP contribution in [-0.2, 0) is 0 Å². The van der Waals surface area contributed by atoms with E-state index in [-0.39, 0.29) is 11.5 Å². The van der Waals surface area contributed by atoms with Crippen molar-refractivity contribution < 1.29 is 14.3 Å². The molecular formula is C18H16BrN3O3S. The number of H-pyrrole nitrogens is 1. The van der Waals surface area contributed by atoms with Crippen LogP contribution >= 0.6 is 27.7 Å². The van der Waals surface area contributed by atoms with E-state index in [0.717, 1.165) is 10.0 Å². The highest BCUT2D eigenvalue weighted by atomic mass is 79.9. The number of methoxy groups -OCH3 is 2. The first kappa shape index (κ1) is 18.5. The summed E-state index contributed by atoms with van der Waals surface area (Å²) in [6.45, 7) is 0. The van der Waals surface area contributed by atoms with Gasteiger partial charge in [-0.2, -0.15) is 0 Å². The zero-order valence-electron chi connectivity index (χ0n) is 14.2. The Hall–Kier alpha value is -2.32. The lowest BCUT2D eigenvalue weighted by atomic mass is 10.1. The predicted molar refractivity (Wildman–Crippen MR) is 104 cm³/mol. The Morgan fingerprint density at radius 2 is 1.92 bits per heavy atom. The van der Waals surface area contributed by atoms with Gasteiger partial charge in [-0.05, 0) is 24.3 Å². The molecule has 1 heterocycles. The monoisotopic (exact) mass is 433 g/mol. The topological polar surface area (TPSA) is 77.1 Å². The Labute approximate surface area is 163 Å². The fourth-order valence-corrected chi connectivity index (χ4v) is 3.47. The van der Waals surface area contributed by atoms with Gasteiger partial charge in [0.05, 0.1) is 20.0 Å². The second-order valence-corrected chi connectivity index (χ2v) is 7.02. The minimum atomic E-state index is -0.0387. The van der Waals surface area contributed by atoms with Crippen molar-refractivity contribution in [2.75, 3.05) is 20.0 Å². The molecule has 2 aromatic carbocycles. The highest BCUT2D eigenvalue weighted by Crippen LogP contribution is 2.29. The Morgan fingerprint density at radius 3 is 2.65 bits per heavy atom. The van der Waals surface area contributed by atoms with Crippen LogP contribution in [0.15, 0.2) is 52.1 Å². The molecule has 0 amide bonds. The summed E-state index contributed by atoms with van der Waals surface area (Å²) in [5.41, 5.74) is 1.47. The van der Waals surface area contributed by atoms with Crippen LogP contribution in [0.4, 0.5) is 0 Å². The first-order chi connectivity index (χ1) is 12.6. The second-order valence-electron chi connectivity index (χ2n) is 5.23. The minimum absolute atomic E-state index is 0.0387. The zero-order valence-corrected chi connectivity index (χ0v) is 16.6. The molecule has 0 atom stereocenters. The molecule has 26 heavy (non-hydrogen) atoms. The van der Waals surface area contributed by atoms with Crippen LogP contribution in [0.3, 0.4) is 0 Å². The van der Waals surface area contributed by atoms with Gasteiger partial charge in [0.1, 0.15) is 0 Å². The summed E-state index contributed by atoms with van der Waals surface area (Å²) in [6.07, 6.45) is 0. The highest BCUT2D eigenvalue weighted by Gasteiger charge is 2.14.